The molecular weight excluding hydrogens is 180 g/mol. The summed E-state index contributed by atoms with van der Waals surface area (Å²) < 4.78 is 5.27. The molecule has 1 fully saturated rings. The maximum Gasteiger partial charge on any atom is 0.245 e. The first-order chi connectivity index (χ1) is 6.76. The monoisotopic (exact) mass is 194 g/mol. The molecule has 1 saturated heterocycles. The van der Waals surface area contributed by atoms with Gasteiger partial charge in [0.15, 0.2) is 5.54 Å². The fourth-order valence-corrected chi connectivity index (χ4v) is 1.97. The Kier molecular flexibility index (Phi) is 2.29. The zero-order chi connectivity index (χ0) is 10.0. The molecule has 0 spiro atoms. The van der Waals surface area contributed by atoms with E-state index in [9.17, 15) is 4.79 Å². The third-order valence-electron chi connectivity index (χ3n) is 2.77. The number of rotatable bonds is 2. The largest absolute Gasteiger partial charge is 0.467 e. The molecule has 3 N–H and O–H groups in total. The molecule has 1 atom stereocenters. The Morgan fingerprint density at radius 1 is 1.57 bits per heavy atom. The van der Waals surface area contributed by atoms with Crippen LogP contribution in [0, 0.1) is 0 Å². The third kappa shape index (κ3) is 1.32. The van der Waals surface area contributed by atoms with Gasteiger partial charge in [-0.25, -0.2) is 0 Å². The summed E-state index contributed by atoms with van der Waals surface area (Å²) in [5, 5.41) is 3.17. The molecule has 4 heteroatoms. The SMILES string of the molecule is NC(=O)C1(c2ccco2)CCCCN1. The number of carbonyl (C=O) groups is 1. The van der Waals surface area contributed by atoms with E-state index in [0.29, 0.717) is 5.76 Å². The molecule has 1 aliphatic rings. The van der Waals surface area contributed by atoms with Crippen molar-refractivity contribution >= 4 is 5.91 Å². The first-order valence-corrected chi connectivity index (χ1v) is 4.85. The molecule has 4 nitrogen and oxygen atoms in total. The van der Waals surface area contributed by atoms with E-state index in [4.69, 9.17) is 10.2 Å². The van der Waals surface area contributed by atoms with E-state index >= 15 is 0 Å². The van der Waals surface area contributed by atoms with Gasteiger partial charge in [-0.3, -0.25) is 10.1 Å². The van der Waals surface area contributed by atoms with E-state index in [0.717, 1.165) is 25.8 Å². The van der Waals surface area contributed by atoms with Crippen LogP contribution in [-0.4, -0.2) is 12.5 Å². The van der Waals surface area contributed by atoms with E-state index in [1.807, 2.05) is 0 Å². The van der Waals surface area contributed by atoms with E-state index in [1.54, 1.807) is 18.4 Å². The highest BCUT2D eigenvalue weighted by Crippen LogP contribution is 2.30. The molecular formula is C10H14N2O2. The number of nitrogens with one attached hydrogen (secondary N) is 1. The van der Waals surface area contributed by atoms with Gasteiger partial charge in [0.05, 0.1) is 6.26 Å². The third-order valence-corrected chi connectivity index (χ3v) is 2.77. The summed E-state index contributed by atoms with van der Waals surface area (Å²) in [5.74, 6) is 0.275. The Labute approximate surface area is 82.5 Å². The molecule has 1 aromatic rings. The highest BCUT2D eigenvalue weighted by atomic mass is 16.3. The quantitative estimate of drug-likeness (QED) is 0.729. The van der Waals surface area contributed by atoms with Gasteiger partial charge in [0.2, 0.25) is 5.91 Å². The number of amides is 1. The topological polar surface area (TPSA) is 68.3 Å². The van der Waals surface area contributed by atoms with Gasteiger partial charge in [0.25, 0.3) is 0 Å². The molecule has 0 radical (unpaired) electrons. The second kappa shape index (κ2) is 3.46. The van der Waals surface area contributed by atoms with Crippen molar-refractivity contribution in [3.63, 3.8) is 0 Å². The van der Waals surface area contributed by atoms with Gasteiger partial charge >= 0.3 is 0 Å². The summed E-state index contributed by atoms with van der Waals surface area (Å²) in [7, 11) is 0. The van der Waals surface area contributed by atoms with Crippen molar-refractivity contribution < 1.29 is 9.21 Å². The van der Waals surface area contributed by atoms with Crippen LogP contribution in [0.4, 0.5) is 0 Å². The second-order valence-electron chi connectivity index (χ2n) is 3.63. The van der Waals surface area contributed by atoms with Crippen LogP contribution in [0.3, 0.4) is 0 Å². The summed E-state index contributed by atoms with van der Waals surface area (Å²) in [6.45, 7) is 0.809. The zero-order valence-corrected chi connectivity index (χ0v) is 7.95. The standard InChI is InChI=1S/C10H14N2O2/c11-9(13)10(5-1-2-6-12-10)8-4-3-7-14-8/h3-4,7,12H,1-2,5-6H2,(H2,11,13). The van der Waals surface area contributed by atoms with Crippen LogP contribution in [-0.2, 0) is 10.3 Å². The first-order valence-electron chi connectivity index (χ1n) is 4.85. The van der Waals surface area contributed by atoms with Crippen LogP contribution >= 0.6 is 0 Å². The summed E-state index contributed by atoms with van der Waals surface area (Å²) in [6.07, 6.45) is 4.36. The Balaban J connectivity index is 2.35. The molecule has 0 bridgehead atoms. The molecule has 1 amide bonds. The molecule has 14 heavy (non-hydrogen) atoms. The average molecular weight is 194 g/mol. The maximum absolute atomic E-state index is 11.5. The van der Waals surface area contributed by atoms with Gasteiger partial charge in [0.1, 0.15) is 5.76 Å². The molecule has 2 heterocycles. The Morgan fingerprint density at radius 2 is 2.43 bits per heavy atom. The van der Waals surface area contributed by atoms with Gasteiger partial charge in [-0.05, 0) is 37.9 Å². The molecule has 1 aromatic heterocycles. The highest BCUT2D eigenvalue weighted by Gasteiger charge is 2.41. The van der Waals surface area contributed by atoms with Crippen LogP contribution in [0.25, 0.3) is 0 Å². The lowest BCUT2D eigenvalue weighted by Gasteiger charge is -2.33. The zero-order valence-electron chi connectivity index (χ0n) is 7.95. The van der Waals surface area contributed by atoms with Crippen molar-refractivity contribution in [2.45, 2.75) is 24.8 Å². The maximum atomic E-state index is 11.5. The second-order valence-corrected chi connectivity index (χ2v) is 3.63. The Bertz CT molecular complexity index is 313. The number of nitrogens with two attached hydrogens (primary N) is 1. The van der Waals surface area contributed by atoms with E-state index in [2.05, 4.69) is 5.32 Å². The van der Waals surface area contributed by atoms with E-state index in [1.165, 1.54) is 0 Å². The number of hydrogen-bond donors (Lipinski definition) is 2. The molecule has 0 aromatic carbocycles. The Morgan fingerprint density at radius 3 is 2.93 bits per heavy atom. The van der Waals surface area contributed by atoms with Crippen molar-refractivity contribution in [1.29, 1.82) is 0 Å². The number of hydrogen-bond acceptors (Lipinski definition) is 3. The predicted molar refractivity (Wildman–Crippen MR) is 51.4 cm³/mol. The first kappa shape index (κ1) is 9.27. The van der Waals surface area contributed by atoms with Crippen molar-refractivity contribution in [3.8, 4) is 0 Å². The summed E-state index contributed by atoms with van der Waals surface area (Å²) in [5.41, 5.74) is 4.66. The van der Waals surface area contributed by atoms with Gasteiger partial charge in [-0.1, -0.05) is 0 Å². The smallest absolute Gasteiger partial charge is 0.245 e. The normalized spacial score (nSPS) is 27.4. The van der Waals surface area contributed by atoms with Crippen LogP contribution in [0.2, 0.25) is 0 Å². The minimum atomic E-state index is -0.776. The van der Waals surface area contributed by atoms with Crippen molar-refractivity contribution in [1.82, 2.24) is 5.32 Å². The van der Waals surface area contributed by atoms with Crippen LogP contribution in [0.1, 0.15) is 25.0 Å². The van der Waals surface area contributed by atoms with Gasteiger partial charge in [-0.2, -0.15) is 0 Å². The number of primary amides is 1. The van der Waals surface area contributed by atoms with E-state index in [-0.39, 0.29) is 5.91 Å². The molecule has 76 valence electrons. The minimum Gasteiger partial charge on any atom is -0.467 e. The van der Waals surface area contributed by atoms with E-state index < -0.39 is 5.54 Å². The molecule has 1 unspecified atom stereocenters. The lowest BCUT2D eigenvalue weighted by molar-refractivity contribution is -0.126. The summed E-state index contributed by atoms with van der Waals surface area (Å²) in [4.78, 5) is 11.5. The lowest BCUT2D eigenvalue weighted by atomic mass is 9.86. The molecule has 1 aliphatic heterocycles. The highest BCUT2D eigenvalue weighted by molar-refractivity contribution is 5.85. The van der Waals surface area contributed by atoms with Crippen LogP contribution in [0.15, 0.2) is 22.8 Å². The van der Waals surface area contributed by atoms with Crippen LogP contribution in [0.5, 0.6) is 0 Å². The predicted octanol–water partition coefficient (Wildman–Crippen LogP) is 0.734. The van der Waals surface area contributed by atoms with Gasteiger partial charge < -0.3 is 10.2 Å². The fraction of sp³-hybridized carbons (Fsp3) is 0.500. The molecule has 2 rings (SSSR count). The average Bonchev–Trinajstić information content (AvgIpc) is 2.72. The number of piperidine rings is 1. The van der Waals surface area contributed by atoms with Crippen molar-refractivity contribution in [2.24, 2.45) is 5.73 Å². The fourth-order valence-electron chi connectivity index (χ4n) is 1.97. The number of carbonyl (C=O) groups excluding carboxylic acids is 1. The van der Waals surface area contributed by atoms with Crippen molar-refractivity contribution in [2.75, 3.05) is 6.54 Å². The Hall–Kier alpha value is -1.29. The minimum absolute atomic E-state index is 0.354. The summed E-state index contributed by atoms with van der Waals surface area (Å²) >= 11 is 0. The molecule has 0 saturated carbocycles. The van der Waals surface area contributed by atoms with Crippen molar-refractivity contribution in [3.05, 3.63) is 24.2 Å². The molecule has 0 aliphatic carbocycles. The van der Waals surface area contributed by atoms with Gasteiger partial charge in [0, 0.05) is 0 Å². The number of furan rings is 1. The van der Waals surface area contributed by atoms with Gasteiger partial charge in [-0.15, -0.1) is 0 Å². The lowest BCUT2D eigenvalue weighted by Crippen LogP contribution is -2.54. The summed E-state index contributed by atoms with van der Waals surface area (Å²) in [6, 6.07) is 3.57. The van der Waals surface area contributed by atoms with Crippen LogP contribution < -0.4 is 11.1 Å².